The zero-order chi connectivity index (χ0) is 13.6. The van der Waals surface area contributed by atoms with Gasteiger partial charge in [0, 0.05) is 11.6 Å². The SMILES string of the molecule is Cc1cccc2c(=O)c(-c3n[nH]c(=S)n3N)c[nH]c12. The fourth-order valence-electron chi connectivity index (χ4n) is 2.06. The molecule has 6 nitrogen and oxygen atoms in total. The molecule has 0 radical (unpaired) electrons. The number of nitrogens with zero attached hydrogens (tertiary/aromatic N) is 2. The van der Waals surface area contributed by atoms with E-state index in [0.29, 0.717) is 16.8 Å². The average Bonchev–Trinajstić information content (AvgIpc) is 2.72. The lowest BCUT2D eigenvalue weighted by atomic mass is 10.1. The number of benzene rings is 1. The molecule has 0 fully saturated rings. The number of fused-ring (bicyclic) bond motifs is 1. The van der Waals surface area contributed by atoms with E-state index in [1.807, 2.05) is 19.1 Å². The Hall–Kier alpha value is -2.41. The quantitative estimate of drug-likeness (QED) is 0.462. The van der Waals surface area contributed by atoms with Crippen LogP contribution in [0, 0.1) is 11.7 Å². The van der Waals surface area contributed by atoms with Crippen LogP contribution in [0.5, 0.6) is 0 Å². The molecule has 0 unspecified atom stereocenters. The number of aromatic nitrogens is 4. The number of nitrogens with one attached hydrogen (secondary N) is 2. The van der Waals surface area contributed by atoms with E-state index in [0.717, 1.165) is 11.1 Å². The van der Waals surface area contributed by atoms with Gasteiger partial charge in [-0.25, -0.2) is 9.77 Å². The van der Waals surface area contributed by atoms with E-state index in [-0.39, 0.29) is 10.2 Å². The fraction of sp³-hybridized carbons (Fsp3) is 0.0833. The molecule has 3 rings (SSSR count). The van der Waals surface area contributed by atoms with Gasteiger partial charge in [-0.3, -0.25) is 4.79 Å². The summed E-state index contributed by atoms with van der Waals surface area (Å²) in [6.45, 7) is 1.94. The second-order valence-electron chi connectivity index (χ2n) is 4.25. The molecule has 0 saturated heterocycles. The van der Waals surface area contributed by atoms with Crippen molar-refractivity contribution >= 4 is 23.1 Å². The van der Waals surface area contributed by atoms with E-state index >= 15 is 0 Å². The molecule has 4 N–H and O–H groups in total. The highest BCUT2D eigenvalue weighted by Gasteiger charge is 2.13. The molecule has 0 saturated carbocycles. The summed E-state index contributed by atoms with van der Waals surface area (Å²) < 4.78 is 1.44. The molecule has 3 aromatic rings. The van der Waals surface area contributed by atoms with Crippen LogP contribution in [0.2, 0.25) is 0 Å². The van der Waals surface area contributed by atoms with Crippen LogP contribution in [-0.2, 0) is 0 Å². The molecular formula is C12H11N5OS. The minimum atomic E-state index is -0.127. The van der Waals surface area contributed by atoms with Gasteiger partial charge in [-0.15, -0.1) is 0 Å². The van der Waals surface area contributed by atoms with Crippen molar-refractivity contribution in [2.24, 2.45) is 0 Å². The number of hydrogen-bond donors (Lipinski definition) is 3. The summed E-state index contributed by atoms with van der Waals surface area (Å²) >= 11 is 4.94. The van der Waals surface area contributed by atoms with Crippen molar-refractivity contribution in [3.8, 4) is 11.4 Å². The minimum Gasteiger partial charge on any atom is -0.360 e. The minimum absolute atomic E-state index is 0.127. The predicted molar refractivity (Wildman–Crippen MR) is 75.9 cm³/mol. The van der Waals surface area contributed by atoms with Crippen LogP contribution in [0.4, 0.5) is 0 Å². The van der Waals surface area contributed by atoms with E-state index in [1.165, 1.54) is 4.68 Å². The molecule has 0 aliphatic heterocycles. The third-order valence-electron chi connectivity index (χ3n) is 3.07. The third-order valence-corrected chi connectivity index (χ3v) is 3.36. The lowest BCUT2D eigenvalue weighted by molar-refractivity contribution is 0.982. The normalized spacial score (nSPS) is 11.0. The first kappa shape index (κ1) is 11.7. The van der Waals surface area contributed by atoms with E-state index in [4.69, 9.17) is 18.1 Å². The Labute approximate surface area is 112 Å². The van der Waals surface area contributed by atoms with Crippen molar-refractivity contribution in [2.45, 2.75) is 6.92 Å². The smallest absolute Gasteiger partial charge is 0.214 e. The average molecular weight is 273 g/mol. The first-order valence-corrected chi connectivity index (χ1v) is 6.04. The zero-order valence-electron chi connectivity index (χ0n) is 10.1. The Bertz CT molecular complexity index is 889. The molecule has 0 spiro atoms. The molecule has 1 aromatic carbocycles. The van der Waals surface area contributed by atoms with Gasteiger partial charge in [-0.2, -0.15) is 5.10 Å². The van der Waals surface area contributed by atoms with Gasteiger partial charge in [-0.1, -0.05) is 12.1 Å². The highest BCUT2D eigenvalue weighted by molar-refractivity contribution is 7.71. The molecule has 19 heavy (non-hydrogen) atoms. The van der Waals surface area contributed by atoms with Crippen LogP contribution < -0.4 is 11.3 Å². The molecular weight excluding hydrogens is 262 g/mol. The molecule has 7 heteroatoms. The summed E-state index contributed by atoms with van der Waals surface area (Å²) in [6.07, 6.45) is 1.60. The maximum absolute atomic E-state index is 12.5. The molecule has 0 bridgehead atoms. The third kappa shape index (κ3) is 1.66. The van der Waals surface area contributed by atoms with Crippen molar-refractivity contribution in [1.82, 2.24) is 19.9 Å². The summed E-state index contributed by atoms with van der Waals surface area (Å²) in [5.41, 5.74) is 2.08. The molecule has 0 amide bonds. The Balaban J connectivity index is 2.39. The van der Waals surface area contributed by atoms with E-state index in [2.05, 4.69) is 15.2 Å². The first-order valence-electron chi connectivity index (χ1n) is 5.63. The number of para-hydroxylation sites is 1. The predicted octanol–water partition coefficient (Wildman–Crippen LogP) is 1.47. The van der Waals surface area contributed by atoms with Gasteiger partial charge >= 0.3 is 0 Å². The standard InChI is InChI=1S/C12H11N5OS/c1-6-3-2-4-7-9(6)14-5-8(10(7)18)11-15-16-12(19)17(11)13/h2-5H,13H2,1H3,(H,14,18)(H,16,19). The number of nitrogens with two attached hydrogens (primary N) is 1. The Morgan fingerprint density at radius 2 is 2.21 bits per heavy atom. The van der Waals surface area contributed by atoms with Crippen molar-refractivity contribution in [2.75, 3.05) is 5.84 Å². The highest BCUT2D eigenvalue weighted by Crippen LogP contribution is 2.17. The van der Waals surface area contributed by atoms with Crippen LogP contribution in [0.25, 0.3) is 22.3 Å². The summed E-state index contributed by atoms with van der Waals surface area (Å²) in [4.78, 5) is 15.6. The zero-order valence-corrected chi connectivity index (χ0v) is 10.9. The van der Waals surface area contributed by atoms with Gasteiger partial charge in [0.05, 0.1) is 11.1 Å². The van der Waals surface area contributed by atoms with Crippen LogP contribution in [0.3, 0.4) is 0 Å². The maximum Gasteiger partial charge on any atom is 0.214 e. The number of aromatic amines is 2. The molecule has 0 atom stereocenters. The fourth-order valence-corrected chi connectivity index (χ4v) is 2.20. The van der Waals surface area contributed by atoms with E-state index in [9.17, 15) is 4.79 Å². The first-order chi connectivity index (χ1) is 9.09. The van der Waals surface area contributed by atoms with E-state index in [1.54, 1.807) is 12.3 Å². The molecule has 2 aromatic heterocycles. The van der Waals surface area contributed by atoms with Crippen molar-refractivity contribution in [1.29, 1.82) is 0 Å². The highest BCUT2D eigenvalue weighted by atomic mass is 32.1. The van der Waals surface area contributed by atoms with Gasteiger partial charge in [-0.05, 0) is 30.8 Å². The number of nitrogen functional groups attached to an aromatic ring is 1. The second-order valence-corrected chi connectivity index (χ2v) is 4.64. The van der Waals surface area contributed by atoms with Gasteiger partial charge in [0.25, 0.3) is 0 Å². The van der Waals surface area contributed by atoms with Crippen LogP contribution in [0.1, 0.15) is 5.56 Å². The number of pyridine rings is 1. The summed E-state index contributed by atoms with van der Waals surface area (Å²) in [7, 11) is 0. The lowest BCUT2D eigenvalue weighted by Crippen LogP contribution is -2.15. The molecule has 96 valence electrons. The monoisotopic (exact) mass is 273 g/mol. The lowest BCUT2D eigenvalue weighted by Gasteiger charge is -2.04. The summed E-state index contributed by atoms with van der Waals surface area (Å²) in [5, 5.41) is 7.14. The van der Waals surface area contributed by atoms with Gasteiger partial charge in [0.15, 0.2) is 11.3 Å². The van der Waals surface area contributed by atoms with Gasteiger partial charge < -0.3 is 10.8 Å². The number of rotatable bonds is 1. The number of hydrogen-bond acceptors (Lipinski definition) is 4. The number of H-pyrrole nitrogens is 2. The molecule has 0 aliphatic rings. The number of aryl methyl sites for hydroxylation is 1. The summed E-state index contributed by atoms with van der Waals surface area (Å²) in [6, 6.07) is 5.56. The summed E-state index contributed by atoms with van der Waals surface area (Å²) in [5.74, 6) is 6.06. The van der Waals surface area contributed by atoms with Crippen molar-refractivity contribution < 1.29 is 0 Å². The van der Waals surface area contributed by atoms with E-state index < -0.39 is 0 Å². The van der Waals surface area contributed by atoms with Crippen molar-refractivity contribution in [3.05, 3.63) is 45.0 Å². The molecule has 0 aliphatic carbocycles. The molecule has 2 heterocycles. The van der Waals surface area contributed by atoms with Gasteiger partial charge in [0.1, 0.15) is 0 Å². The van der Waals surface area contributed by atoms with Crippen LogP contribution >= 0.6 is 12.2 Å². The topological polar surface area (TPSA) is 92.5 Å². The van der Waals surface area contributed by atoms with Crippen LogP contribution in [0.15, 0.2) is 29.2 Å². The van der Waals surface area contributed by atoms with Crippen molar-refractivity contribution in [3.63, 3.8) is 0 Å². The van der Waals surface area contributed by atoms with Crippen LogP contribution in [-0.4, -0.2) is 19.9 Å². The van der Waals surface area contributed by atoms with Gasteiger partial charge in [0.2, 0.25) is 4.77 Å². The Morgan fingerprint density at radius 1 is 1.42 bits per heavy atom. The second kappa shape index (κ2) is 4.06. The Kier molecular flexibility index (Phi) is 2.49. The largest absolute Gasteiger partial charge is 0.360 e. The Morgan fingerprint density at radius 3 is 2.89 bits per heavy atom. The maximum atomic E-state index is 12.5.